The molecular formula is C11H13ClN4. The molecule has 84 valence electrons. The fourth-order valence-corrected chi connectivity index (χ4v) is 1.67. The van der Waals surface area contributed by atoms with Crippen LogP contribution in [-0.2, 0) is 6.42 Å². The van der Waals surface area contributed by atoms with Gasteiger partial charge >= 0.3 is 0 Å². The summed E-state index contributed by atoms with van der Waals surface area (Å²) in [6.07, 6.45) is 2.37. The Morgan fingerprint density at radius 3 is 3.00 bits per heavy atom. The summed E-state index contributed by atoms with van der Waals surface area (Å²) in [6, 6.07) is 5.72. The summed E-state index contributed by atoms with van der Waals surface area (Å²) in [7, 11) is 0. The highest BCUT2D eigenvalue weighted by molar-refractivity contribution is 6.31. The maximum absolute atomic E-state index is 6.05. The topological polar surface area (TPSA) is 56.7 Å². The number of nitrogens with zero attached hydrogens (tertiary/aromatic N) is 3. The maximum atomic E-state index is 6.05. The molecular weight excluding hydrogens is 224 g/mol. The minimum absolute atomic E-state index is 0.554. The highest BCUT2D eigenvalue weighted by atomic mass is 35.5. The van der Waals surface area contributed by atoms with E-state index >= 15 is 0 Å². The van der Waals surface area contributed by atoms with Crippen LogP contribution < -0.4 is 5.73 Å². The van der Waals surface area contributed by atoms with Crippen molar-refractivity contribution in [2.75, 3.05) is 6.54 Å². The minimum atomic E-state index is 0.554. The Balaban J connectivity index is 2.39. The van der Waals surface area contributed by atoms with Crippen molar-refractivity contribution in [3.63, 3.8) is 0 Å². The molecule has 2 N–H and O–H groups in total. The zero-order valence-electron chi connectivity index (χ0n) is 9.02. The fourth-order valence-electron chi connectivity index (χ4n) is 1.50. The van der Waals surface area contributed by atoms with E-state index in [0.29, 0.717) is 13.0 Å². The Hall–Kier alpha value is -1.39. The molecule has 2 aromatic rings. The molecule has 0 aliphatic carbocycles. The number of nitrogens with two attached hydrogens (primary N) is 1. The highest BCUT2D eigenvalue weighted by Gasteiger charge is 2.06. The molecule has 2 rings (SSSR count). The fraction of sp³-hybridized carbons (Fsp3) is 0.273. The number of hydrogen-bond donors (Lipinski definition) is 1. The van der Waals surface area contributed by atoms with Gasteiger partial charge in [0.15, 0.2) is 5.82 Å². The predicted molar refractivity (Wildman–Crippen MR) is 63.9 cm³/mol. The second-order valence-electron chi connectivity index (χ2n) is 3.53. The summed E-state index contributed by atoms with van der Waals surface area (Å²) in [5, 5.41) is 5.07. The van der Waals surface area contributed by atoms with Crippen LogP contribution in [0.2, 0.25) is 5.02 Å². The first-order chi connectivity index (χ1) is 7.72. The molecule has 16 heavy (non-hydrogen) atoms. The van der Waals surface area contributed by atoms with Crippen molar-refractivity contribution in [3.05, 3.63) is 40.9 Å². The second kappa shape index (κ2) is 4.63. The van der Waals surface area contributed by atoms with Crippen LogP contribution in [0, 0.1) is 6.92 Å². The van der Waals surface area contributed by atoms with Gasteiger partial charge in [0.05, 0.1) is 5.69 Å². The Bertz CT molecular complexity index is 492. The smallest absolute Gasteiger partial charge is 0.152 e. The van der Waals surface area contributed by atoms with Crippen LogP contribution in [0.15, 0.2) is 24.5 Å². The summed E-state index contributed by atoms with van der Waals surface area (Å²) in [5.41, 5.74) is 7.39. The summed E-state index contributed by atoms with van der Waals surface area (Å²) >= 11 is 6.05. The van der Waals surface area contributed by atoms with Gasteiger partial charge < -0.3 is 5.73 Å². The molecule has 0 bridgehead atoms. The summed E-state index contributed by atoms with van der Waals surface area (Å²) in [5.74, 6) is 0.752. The molecule has 0 aliphatic heterocycles. The molecule has 5 heteroatoms. The van der Waals surface area contributed by atoms with E-state index in [2.05, 4.69) is 10.1 Å². The lowest BCUT2D eigenvalue weighted by atomic mass is 10.2. The molecule has 0 saturated heterocycles. The lowest BCUT2D eigenvalue weighted by Gasteiger charge is -2.05. The number of benzene rings is 1. The van der Waals surface area contributed by atoms with Gasteiger partial charge in [-0.2, -0.15) is 5.10 Å². The van der Waals surface area contributed by atoms with E-state index in [1.807, 2.05) is 25.1 Å². The lowest BCUT2D eigenvalue weighted by Crippen LogP contribution is -2.05. The average molecular weight is 237 g/mol. The van der Waals surface area contributed by atoms with E-state index < -0.39 is 0 Å². The van der Waals surface area contributed by atoms with E-state index in [4.69, 9.17) is 17.3 Å². The van der Waals surface area contributed by atoms with Gasteiger partial charge in [-0.15, -0.1) is 0 Å². The summed E-state index contributed by atoms with van der Waals surface area (Å²) in [6.45, 7) is 2.51. The predicted octanol–water partition coefficient (Wildman–Crippen LogP) is 1.73. The van der Waals surface area contributed by atoms with Gasteiger partial charge in [-0.3, -0.25) is 0 Å². The van der Waals surface area contributed by atoms with Gasteiger partial charge in [-0.05, 0) is 31.2 Å². The van der Waals surface area contributed by atoms with Crippen molar-refractivity contribution in [2.24, 2.45) is 5.73 Å². The molecule has 0 spiro atoms. The molecule has 0 aliphatic rings. The number of halogens is 1. The third-order valence-corrected chi connectivity index (χ3v) is 2.80. The standard InChI is InChI=1S/C11H13ClN4/c1-8-9(12)3-2-4-10(8)16-7-14-11(15-16)5-6-13/h2-4,7H,5-6,13H2,1H3. The van der Waals surface area contributed by atoms with E-state index in [1.54, 1.807) is 11.0 Å². The monoisotopic (exact) mass is 236 g/mol. The van der Waals surface area contributed by atoms with Gasteiger partial charge in [0, 0.05) is 11.4 Å². The molecule has 1 heterocycles. The van der Waals surface area contributed by atoms with Gasteiger partial charge in [0.25, 0.3) is 0 Å². The number of rotatable bonds is 3. The highest BCUT2D eigenvalue weighted by Crippen LogP contribution is 2.21. The molecule has 0 atom stereocenters. The zero-order chi connectivity index (χ0) is 11.5. The van der Waals surface area contributed by atoms with E-state index in [1.165, 1.54) is 0 Å². The summed E-state index contributed by atoms with van der Waals surface area (Å²) in [4.78, 5) is 4.18. The first kappa shape index (κ1) is 11.1. The molecule has 1 aromatic carbocycles. The van der Waals surface area contributed by atoms with Crippen molar-refractivity contribution >= 4 is 11.6 Å². The minimum Gasteiger partial charge on any atom is -0.330 e. The van der Waals surface area contributed by atoms with Crippen LogP contribution in [0.5, 0.6) is 0 Å². The van der Waals surface area contributed by atoms with Crippen LogP contribution >= 0.6 is 11.6 Å². The third-order valence-electron chi connectivity index (χ3n) is 2.39. The second-order valence-corrected chi connectivity index (χ2v) is 3.94. The first-order valence-electron chi connectivity index (χ1n) is 5.08. The molecule has 0 fully saturated rings. The van der Waals surface area contributed by atoms with Crippen LogP contribution in [0.3, 0.4) is 0 Å². The maximum Gasteiger partial charge on any atom is 0.152 e. The normalized spacial score (nSPS) is 10.7. The molecule has 4 nitrogen and oxygen atoms in total. The molecule has 0 unspecified atom stereocenters. The molecule has 0 amide bonds. The SMILES string of the molecule is Cc1c(Cl)cccc1-n1cnc(CCN)n1. The van der Waals surface area contributed by atoms with Gasteiger partial charge in [-0.1, -0.05) is 17.7 Å². The van der Waals surface area contributed by atoms with E-state index in [-0.39, 0.29) is 0 Å². The quantitative estimate of drug-likeness (QED) is 0.883. The van der Waals surface area contributed by atoms with Crippen molar-refractivity contribution < 1.29 is 0 Å². The largest absolute Gasteiger partial charge is 0.330 e. The lowest BCUT2D eigenvalue weighted by molar-refractivity contribution is 0.813. The molecule has 0 saturated carbocycles. The van der Waals surface area contributed by atoms with E-state index in [0.717, 1.165) is 22.1 Å². The molecule has 0 radical (unpaired) electrons. The van der Waals surface area contributed by atoms with Gasteiger partial charge in [-0.25, -0.2) is 9.67 Å². The summed E-state index contributed by atoms with van der Waals surface area (Å²) < 4.78 is 1.73. The van der Waals surface area contributed by atoms with Crippen molar-refractivity contribution in [2.45, 2.75) is 13.3 Å². The van der Waals surface area contributed by atoms with Crippen LogP contribution in [-0.4, -0.2) is 21.3 Å². The Morgan fingerprint density at radius 2 is 2.25 bits per heavy atom. The Kier molecular flexibility index (Phi) is 3.22. The Labute approximate surface area is 99.1 Å². The van der Waals surface area contributed by atoms with Gasteiger partial charge in [0.1, 0.15) is 6.33 Å². The van der Waals surface area contributed by atoms with Crippen molar-refractivity contribution in [1.29, 1.82) is 0 Å². The van der Waals surface area contributed by atoms with Crippen LogP contribution in [0.25, 0.3) is 5.69 Å². The van der Waals surface area contributed by atoms with E-state index in [9.17, 15) is 0 Å². The van der Waals surface area contributed by atoms with Crippen LogP contribution in [0.4, 0.5) is 0 Å². The zero-order valence-corrected chi connectivity index (χ0v) is 9.78. The number of hydrogen-bond acceptors (Lipinski definition) is 3. The van der Waals surface area contributed by atoms with Crippen molar-refractivity contribution in [1.82, 2.24) is 14.8 Å². The van der Waals surface area contributed by atoms with Crippen molar-refractivity contribution in [3.8, 4) is 5.69 Å². The van der Waals surface area contributed by atoms with Crippen LogP contribution in [0.1, 0.15) is 11.4 Å². The number of aromatic nitrogens is 3. The first-order valence-corrected chi connectivity index (χ1v) is 5.46. The molecule has 1 aromatic heterocycles. The Morgan fingerprint density at radius 1 is 1.44 bits per heavy atom. The third kappa shape index (κ3) is 2.08. The average Bonchev–Trinajstić information content (AvgIpc) is 2.71. The van der Waals surface area contributed by atoms with Gasteiger partial charge in [0.2, 0.25) is 0 Å².